The van der Waals surface area contributed by atoms with Crippen LogP contribution in [0.5, 0.6) is 5.75 Å². The molecule has 0 heterocycles. The van der Waals surface area contributed by atoms with Gasteiger partial charge in [0.15, 0.2) is 0 Å². The van der Waals surface area contributed by atoms with Crippen molar-refractivity contribution in [1.82, 2.24) is 5.32 Å². The summed E-state index contributed by atoms with van der Waals surface area (Å²) in [6.07, 6.45) is 1.89. The van der Waals surface area contributed by atoms with E-state index in [0.29, 0.717) is 18.7 Å². The van der Waals surface area contributed by atoms with E-state index >= 15 is 0 Å². The van der Waals surface area contributed by atoms with Crippen molar-refractivity contribution >= 4 is 17.7 Å². The van der Waals surface area contributed by atoms with Crippen molar-refractivity contribution < 1.29 is 9.53 Å². The highest BCUT2D eigenvalue weighted by atomic mass is 32.2. The first-order valence-electron chi connectivity index (χ1n) is 9.95. The number of rotatable bonds is 10. The lowest BCUT2D eigenvalue weighted by atomic mass is 10.1. The summed E-state index contributed by atoms with van der Waals surface area (Å²) in [5, 5.41) is 2.99. The molecule has 0 saturated carbocycles. The van der Waals surface area contributed by atoms with Crippen LogP contribution in [0.1, 0.15) is 27.9 Å². The predicted molar refractivity (Wildman–Crippen MR) is 121 cm³/mol. The molecular formula is C25H27NO2S. The van der Waals surface area contributed by atoms with E-state index in [0.717, 1.165) is 24.3 Å². The van der Waals surface area contributed by atoms with Crippen LogP contribution in [-0.4, -0.2) is 24.8 Å². The van der Waals surface area contributed by atoms with Gasteiger partial charge in [-0.3, -0.25) is 4.79 Å². The van der Waals surface area contributed by atoms with Crippen molar-refractivity contribution in [2.75, 3.05) is 18.9 Å². The number of thioether (sulfide) groups is 1. The van der Waals surface area contributed by atoms with Crippen LogP contribution in [0.3, 0.4) is 0 Å². The summed E-state index contributed by atoms with van der Waals surface area (Å²) in [6, 6.07) is 26.2. The Bertz CT molecular complexity index is 877. The molecular weight excluding hydrogens is 378 g/mol. The van der Waals surface area contributed by atoms with Crippen LogP contribution >= 0.6 is 11.8 Å². The zero-order valence-corrected chi connectivity index (χ0v) is 17.6. The molecule has 0 bridgehead atoms. The zero-order valence-electron chi connectivity index (χ0n) is 16.8. The van der Waals surface area contributed by atoms with E-state index in [4.69, 9.17) is 4.74 Å². The number of carbonyl (C=O) groups excluding carboxylic acids is 1. The molecule has 1 amide bonds. The average Bonchev–Trinajstić information content (AvgIpc) is 2.76. The summed E-state index contributed by atoms with van der Waals surface area (Å²) in [4.78, 5) is 13.5. The van der Waals surface area contributed by atoms with Gasteiger partial charge in [0.05, 0.1) is 6.61 Å². The normalized spacial score (nSPS) is 10.5. The molecule has 4 heteroatoms. The average molecular weight is 406 g/mol. The Morgan fingerprint density at radius 1 is 0.931 bits per heavy atom. The third-order valence-corrected chi connectivity index (χ3v) is 5.51. The highest BCUT2D eigenvalue weighted by Crippen LogP contribution is 2.18. The van der Waals surface area contributed by atoms with Crippen LogP contribution in [0.4, 0.5) is 0 Å². The molecule has 0 radical (unpaired) electrons. The third kappa shape index (κ3) is 7.31. The molecule has 0 aliphatic rings. The molecule has 0 aliphatic carbocycles. The van der Waals surface area contributed by atoms with Gasteiger partial charge in [-0.15, -0.1) is 11.8 Å². The van der Waals surface area contributed by atoms with E-state index < -0.39 is 0 Å². The number of amides is 1. The first-order chi connectivity index (χ1) is 14.2. The Labute approximate surface area is 177 Å². The molecule has 0 atom stereocenters. The fraction of sp³-hybridized carbons (Fsp3) is 0.240. The molecule has 0 spiro atoms. The number of aryl methyl sites for hydroxylation is 2. The second-order valence-electron chi connectivity index (χ2n) is 6.88. The van der Waals surface area contributed by atoms with Gasteiger partial charge in [-0.05, 0) is 61.7 Å². The number of benzene rings is 3. The van der Waals surface area contributed by atoms with Crippen molar-refractivity contribution in [2.45, 2.75) is 24.7 Å². The van der Waals surface area contributed by atoms with Crippen LogP contribution in [0.25, 0.3) is 0 Å². The number of ether oxygens (including phenoxy) is 1. The number of hydrogen-bond acceptors (Lipinski definition) is 3. The predicted octanol–water partition coefficient (Wildman–Crippen LogP) is 5.53. The molecule has 3 aromatic rings. The van der Waals surface area contributed by atoms with E-state index in [9.17, 15) is 4.79 Å². The smallest absolute Gasteiger partial charge is 0.251 e. The van der Waals surface area contributed by atoms with Gasteiger partial charge in [0.1, 0.15) is 5.75 Å². The van der Waals surface area contributed by atoms with E-state index in [2.05, 4.69) is 48.6 Å². The summed E-state index contributed by atoms with van der Waals surface area (Å²) >= 11 is 1.77. The van der Waals surface area contributed by atoms with Crippen molar-refractivity contribution in [2.24, 2.45) is 0 Å². The lowest BCUT2D eigenvalue weighted by Crippen LogP contribution is -2.24. The largest absolute Gasteiger partial charge is 0.493 e. The summed E-state index contributed by atoms with van der Waals surface area (Å²) in [6.45, 7) is 3.38. The summed E-state index contributed by atoms with van der Waals surface area (Å²) in [7, 11) is 0. The summed E-state index contributed by atoms with van der Waals surface area (Å²) in [5.74, 6) is 1.63. The van der Waals surface area contributed by atoms with Gasteiger partial charge in [-0.25, -0.2) is 0 Å². The molecule has 0 fully saturated rings. The van der Waals surface area contributed by atoms with Crippen LogP contribution in [-0.2, 0) is 6.42 Å². The molecule has 0 aromatic heterocycles. The van der Waals surface area contributed by atoms with Gasteiger partial charge < -0.3 is 10.1 Å². The second-order valence-corrected chi connectivity index (χ2v) is 8.05. The lowest BCUT2D eigenvalue weighted by Gasteiger charge is -2.08. The van der Waals surface area contributed by atoms with Gasteiger partial charge in [-0.2, -0.15) is 0 Å². The quantitative estimate of drug-likeness (QED) is 0.356. The maximum Gasteiger partial charge on any atom is 0.251 e. The Kier molecular flexibility index (Phi) is 8.20. The minimum atomic E-state index is -0.0416. The Balaban J connectivity index is 1.34. The first kappa shape index (κ1) is 21.0. The highest BCUT2D eigenvalue weighted by molar-refractivity contribution is 7.99. The van der Waals surface area contributed by atoms with Gasteiger partial charge in [-0.1, -0.05) is 48.0 Å². The standard InChI is InChI=1S/C25H27NO2S/c1-20-9-11-21(12-10-20)6-5-17-26-25(27)22-13-15-23(16-14-22)28-18-19-29-24-7-3-2-4-8-24/h2-4,7-16H,5-6,17-19H2,1H3,(H,26,27). The van der Waals surface area contributed by atoms with Gasteiger partial charge in [0.2, 0.25) is 0 Å². The van der Waals surface area contributed by atoms with Crippen molar-refractivity contribution in [3.63, 3.8) is 0 Å². The van der Waals surface area contributed by atoms with E-state index in [1.807, 2.05) is 42.5 Å². The van der Waals surface area contributed by atoms with Gasteiger partial charge >= 0.3 is 0 Å². The minimum absolute atomic E-state index is 0.0416. The van der Waals surface area contributed by atoms with Crippen molar-refractivity contribution in [3.8, 4) is 5.75 Å². The molecule has 0 unspecified atom stereocenters. The summed E-state index contributed by atoms with van der Waals surface area (Å²) in [5.41, 5.74) is 3.23. The maximum atomic E-state index is 12.3. The highest BCUT2D eigenvalue weighted by Gasteiger charge is 2.05. The molecule has 3 aromatic carbocycles. The maximum absolute atomic E-state index is 12.3. The molecule has 0 saturated heterocycles. The molecule has 3 nitrogen and oxygen atoms in total. The number of nitrogens with one attached hydrogen (secondary N) is 1. The zero-order chi connectivity index (χ0) is 20.3. The van der Waals surface area contributed by atoms with Gasteiger partial charge in [0.25, 0.3) is 5.91 Å². The Hall–Kier alpha value is -2.72. The van der Waals surface area contributed by atoms with E-state index in [-0.39, 0.29) is 5.91 Å². The topological polar surface area (TPSA) is 38.3 Å². The summed E-state index contributed by atoms with van der Waals surface area (Å²) < 4.78 is 5.77. The molecule has 0 aliphatic heterocycles. The molecule has 150 valence electrons. The molecule has 29 heavy (non-hydrogen) atoms. The Morgan fingerprint density at radius 3 is 2.38 bits per heavy atom. The third-order valence-electron chi connectivity index (χ3n) is 4.53. The molecule has 3 rings (SSSR count). The second kappa shape index (κ2) is 11.3. The van der Waals surface area contributed by atoms with Crippen LogP contribution < -0.4 is 10.1 Å². The van der Waals surface area contributed by atoms with Crippen LogP contribution in [0.15, 0.2) is 83.8 Å². The van der Waals surface area contributed by atoms with Gasteiger partial charge in [0, 0.05) is 22.8 Å². The van der Waals surface area contributed by atoms with E-state index in [1.165, 1.54) is 16.0 Å². The molecule has 1 N–H and O–H groups in total. The fourth-order valence-electron chi connectivity index (χ4n) is 2.89. The first-order valence-corrected chi connectivity index (χ1v) is 10.9. The van der Waals surface area contributed by atoms with E-state index in [1.54, 1.807) is 11.8 Å². The minimum Gasteiger partial charge on any atom is -0.493 e. The number of hydrogen-bond donors (Lipinski definition) is 1. The van der Waals surface area contributed by atoms with Crippen LogP contribution in [0, 0.1) is 6.92 Å². The van der Waals surface area contributed by atoms with Crippen molar-refractivity contribution in [3.05, 3.63) is 95.6 Å². The number of carbonyl (C=O) groups is 1. The monoisotopic (exact) mass is 405 g/mol. The van der Waals surface area contributed by atoms with Crippen molar-refractivity contribution in [1.29, 1.82) is 0 Å². The fourth-order valence-corrected chi connectivity index (χ4v) is 3.64. The Morgan fingerprint density at radius 2 is 1.66 bits per heavy atom. The van der Waals surface area contributed by atoms with Crippen LogP contribution in [0.2, 0.25) is 0 Å². The SMILES string of the molecule is Cc1ccc(CCCNC(=O)c2ccc(OCCSc3ccccc3)cc2)cc1. The lowest BCUT2D eigenvalue weighted by molar-refractivity contribution is 0.0953.